The van der Waals surface area contributed by atoms with E-state index >= 15 is 0 Å². The lowest BCUT2D eigenvalue weighted by molar-refractivity contribution is -0.161. The number of hydrogen-bond donors (Lipinski definition) is 3. The molecule has 0 aliphatic rings. The highest BCUT2D eigenvalue weighted by Crippen LogP contribution is 2.45. The predicted octanol–water partition coefficient (Wildman–Crippen LogP) is 26.3. The van der Waals surface area contributed by atoms with Crippen molar-refractivity contribution in [3.05, 3.63) is 0 Å². The number of rotatable bonds is 84. The molecule has 0 aliphatic heterocycles. The van der Waals surface area contributed by atoms with E-state index in [4.69, 9.17) is 37.0 Å². The van der Waals surface area contributed by atoms with E-state index in [0.29, 0.717) is 31.6 Å². The van der Waals surface area contributed by atoms with Gasteiger partial charge in [-0.15, -0.1) is 0 Å². The molecule has 0 saturated carbocycles. The number of phosphoric acid groups is 2. The number of unbranched alkanes of at least 4 members (excludes halogenated alkanes) is 50. The molecule has 0 radical (unpaired) electrons. The third-order valence-electron chi connectivity index (χ3n) is 20.3. The van der Waals surface area contributed by atoms with Crippen LogP contribution in [0, 0.1) is 23.7 Å². The number of phosphoric ester groups is 2. The maximum atomic E-state index is 13.1. The molecule has 630 valence electrons. The predicted molar refractivity (Wildman–Crippen MR) is 437 cm³/mol. The van der Waals surface area contributed by atoms with Crippen LogP contribution in [0.4, 0.5) is 0 Å². The van der Waals surface area contributed by atoms with E-state index in [-0.39, 0.29) is 25.7 Å². The Bertz CT molecular complexity index is 2060. The lowest BCUT2D eigenvalue weighted by atomic mass is 10.0. The monoisotopic (exact) mass is 1550 g/mol. The largest absolute Gasteiger partial charge is 0.472 e. The molecule has 5 atom stereocenters. The minimum Gasteiger partial charge on any atom is -0.462 e. The second-order valence-corrected chi connectivity index (χ2v) is 36.1. The van der Waals surface area contributed by atoms with Gasteiger partial charge in [0.05, 0.1) is 26.4 Å². The van der Waals surface area contributed by atoms with Crippen LogP contribution in [0.3, 0.4) is 0 Å². The van der Waals surface area contributed by atoms with Crippen molar-refractivity contribution in [1.29, 1.82) is 0 Å². The van der Waals surface area contributed by atoms with E-state index in [9.17, 15) is 43.2 Å². The first kappa shape index (κ1) is 104. The molecule has 17 nitrogen and oxygen atoms in total. The van der Waals surface area contributed by atoms with Crippen LogP contribution >= 0.6 is 15.6 Å². The van der Waals surface area contributed by atoms with Crippen molar-refractivity contribution < 1.29 is 80.2 Å². The zero-order valence-corrected chi connectivity index (χ0v) is 71.9. The van der Waals surface area contributed by atoms with Crippen molar-refractivity contribution >= 4 is 39.5 Å². The Morgan fingerprint density at radius 3 is 0.585 bits per heavy atom. The van der Waals surface area contributed by atoms with Gasteiger partial charge in [0.2, 0.25) is 0 Å². The van der Waals surface area contributed by atoms with Gasteiger partial charge < -0.3 is 33.8 Å². The zero-order chi connectivity index (χ0) is 78.1. The summed E-state index contributed by atoms with van der Waals surface area (Å²) in [7, 11) is -9.93. The number of carbonyl (C=O) groups is 4. The molecule has 0 spiro atoms. The molecule has 3 unspecified atom stereocenters. The van der Waals surface area contributed by atoms with E-state index in [1.807, 2.05) is 0 Å². The standard InChI is InChI=1S/C87H170O17P2/c1-77(2)63-55-47-39-33-27-21-15-9-12-18-24-30-36-42-51-59-67-84(89)97-73-82(103-86(91)69-61-53-43-37-31-25-19-13-10-16-22-28-34-40-48-56-64-78(3)4)75-101-105(93,94)99-71-81(88)72-100-106(95,96)102-76-83(74-98-85(90)68-60-52-46-45-50-58-66-80(7)8)104-87(92)70-62-54-44-38-32-26-20-14-11-17-23-29-35-41-49-57-65-79(5)6/h77-83,88H,9-76H2,1-8H3,(H,93,94)(H,95,96)/t81?,82-,83-/m1/s1. The van der Waals surface area contributed by atoms with Crippen LogP contribution in [0.2, 0.25) is 0 Å². The summed E-state index contributed by atoms with van der Waals surface area (Å²) in [5.41, 5.74) is 0. The number of hydrogen-bond acceptors (Lipinski definition) is 15. The van der Waals surface area contributed by atoms with Crippen LogP contribution in [-0.2, 0) is 65.4 Å². The Hall–Kier alpha value is -1.94. The Labute approximate surface area is 651 Å². The van der Waals surface area contributed by atoms with Gasteiger partial charge in [-0.1, -0.05) is 402 Å². The lowest BCUT2D eigenvalue weighted by Gasteiger charge is -2.21. The first-order valence-electron chi connectivity index (χ1n) is 44.7. The molecule has 0 aromatic heterocycles. The molecule has 0 heterocycles. The summed E-state index contributed by atoms with van der Waals surface area (Å²) in [5, 5.41) is 10.7. The summed E-state index contributed by atoms with van der Waals surface area (Å²) < 4.78 is 68.9. The minimum absolute atomic E-state index is 0.107. The minimum atomic E-state index is -4.97. The van der Waals surface area contributed by atoms with Crippen molar-refractivity contribution in [1.82, 2.24) is 0 Å². The number of aliphatic hydroxyl groups is 1. The number of carbonyl (C=O) groups excluding carboxylic acids is 4. The van der Waals surface area contributed by atoms with E-state index in [2.05, 4.69) is 55.4 Å². The van der Waals surface area contributed by atoms with Crippen LogP contribution in [0.5, 0.6) is 0 Å². The first-order valence-corrected chi connectivity index (χ1v) is 47.7. The quantitative estimate of drug-likeness (QED) is 0.0222. The summed E-state index contributed by atoms with van der Waals surface area (Å²) in [4.78, 5) is 73.2. The van der Waals surface area contributed by atoms with Crippen molar-refractivity contribution in [3.8, 4) is 0 Å². The summed E-state index contributed by atoms with van der Waals surface area (Å²) in [5.74, 6) is 1.00. The van der Waals surface area contributed by atoms with Crippen molar-refractivity contribution in [2.45, 2.75) is 472 Å². The number of ether oxygens (including phenoxy) is 4. The average Bonchev–Trinajstić information content (AvgIpc) is 0.907. The van der Waals surface area contributed by atoms with Gasteiger partial charge in [0.15, 0.2) is 12.2 Å². The molecule has 0 fully saturated rings. The van der Waals surface area contributed by atoms with Gasteiger partial charge in [0.25, 0.3) is 0 Å². The molecule has 0 amide bonds. The SMILES string of the molecule is CC(C)CCCCCCCCCCCCCCCCCCC(=O)OC[C@H](COP(=O)(O)OCC(O)COP(=O)(O)OC[C@@H](COC(=O)CCCCCCCCC(C)C)OC(=O)CCCCCCCCCCCCCCCCCCC(C)C)OC(=O)CCCCCCCCCCCCCCCCCCC(C)C. The van der Waals surface area contributed by atoms with Crippen LogP contribution < -0.4 is 0 Å². The van der Waals surface area contributed by atoms with Crippen molar-refractivity contribution in [2.75, 3.05) is 39.6 Å². The van der Waals surface area contributed by atoms with Crippen LogP contribution in [-0.4, -0.2) is 96.7 Å². The first-order chi connectivity index (χ1) is 51.1. The van der Waals surface area contributed by atoms with Gasteiger partial charge in [-0.25, -0.2) is 9.13 Å². The topological polar surface area (TPSA) is 237 Å². The Morgan fingerprint density at radius 2 is 0.396 bits per heavy atom. The molecular weight excluding hydrogens is 1380 g/mol. The van der Waals surface area contributed by atoms with Crippen LogP contribution in [0.15, 0.2) is 0 Å². The molecule has 0 aliphatic carbocycles. The summed E-state index contributed by atoms with van der Waals surface area (Å²) >= 11 is 0. The maximum absolute atomic E-state index is 13.1. The fourth-order valence-corrected chi connectivity index (χ4v) is 15.1. The average molecular weight is 1550 g/mol. The lowest BCUT2D eigenvalue weighted by Crippen LogP contribution is -2.30. The Morgan fingerprint density at radius 1 is 0.236 bits per heavy atom. The van der Waals surface area contributed by atoms with Crippen LogP contribution in [0.1, 0.15) is 453 Å². The molecule has 0 aromatic carbocycles. The second kappa shape index (κ2) is 75.7. The molecule has 0 aromatic rings. The fourth-order valence-electron chi connectivity index (χ4n) is 13.5. The fraction of sp³-hybridized carbons (Fsp3) is 0.954. The van der Waals surface area contributed by atoms with Crippen LogP contribution in [0.25, 0.3) is 0 Å². The molecule has 0 saturated heterocycles. The van der Waals surface area contributed by atoms with E-state index in [0.717, 1.165) is 114 Å². The smallest absolute Gasteiger partial charge is 0.462 e. The van der Waals surface area contributed by atoms with Gasteiger partial charge in [-0.3, -0.25) is 37.3 Å². The highest BCUT2D eigenvalue weighted by molar-refractivity contribution is 7.47. The molecular formula is C87H170O17P2. The van der Waals surface area contributed by atoms with Crippen molar-refractivity contribution in [3.63, 3.8) is 0 Å². The van der Waals surface area contributed by atoms with Gasteiger partial charge >= 0.3 is 39.5 Å². The molecule has 19 heteroatoms. The summed E-state index contributed by atoms with van der Waals surface area (Å²) in [6.07, 6.45) is 65.5. The Kier molecular flexibility index (Phi) is 74.3. The highest BCUT2D eigenvalue weighted by atomic mass is 31.2. The van der Waals surface area contributed by atoms with Gasteiger partial charge in [-0.05, 0) is 49.4 Å². The second-order valence-electron chi connectivity index (χ2n) is 33.2. The van der Waals surface area contributed by atoms with E-state index < -0.39 is 97.5 Å². The van der Waals surface area contributed by atoms with Crippen molar-refractivity contribution in [2.24, 2.45) is 23.7 Å². The normalized spacial score (nSPS) is 13.9. The molecule has 3 N–H and O–H groups in total. The van der Waals surface area contributed by atoms with E-state index in [1.54, 1.807) is 0 Å². The summed E-state index contributed by atoms with van der Waals surface area (Å²) in [6, 6.07) is 0. The third kappa shape index (κ3) is 80.1. The molecule has 0 rings (SSSR count). The van der Waals surface area contributed by atoms with Gasteiger partial charge in [0.1, 0.15) is 19.3 Å². The number of aliphatic hydroxyl groups excluding tert-OH is 1. The molecule has 0 bridgehead atoms. The summed E-state index contributed by atoms with van der Waals surface area (Å²) in [6.45, 7) is 14.3. The maximum Gasteiger partial charge on any atom is 0.472 e. The third-order valence-corrected chi connectivity index (χ3v) is 22.2. The van der Waals surface area contributed by atoms with E-state index in [1.165, 1.54) is 250 Å². The number of esters is 4. The highest BCUT2D eigenvalue weighted by Gasteiger charge is 2.31. The van der Waals surface area contributed by atoms with Gasteiger partial charge in [-0.2, -0.15) is 0 Å². The molecule has 106 heavy (non-hydrogen) atoms. The Balaban J connectivity index is 5.21. The zero-order valence-electron chi connectivity index (χ0n) is 70.1. The van der Waals surface area contributed by atoms with Gasteiger partial charge in [0, 0.05) is 25.7 Å².